The van der Waals surface area contributed by atoms with Crippen molar-refractivity contribution in [2.75, 3.05) is 46.4 Å². The molecule has 0 radical (unpaired) electrons. The SMILES string of the molecule is COc1cc2ccc1OCC(=O)NCCCN(CC1CCCC1)CCCCNC(=O)[C@H]([C@@H](C)O)NC(=O)[C@@H](CC(C)C)NC(=O)CC2. The molecule has 1 aromatic carbocycles. The summed E-state index contributed by atoms with van der Waals surface area (Å²) in [6.07, 6.45) is 7.25. The van der Waals surface area contributed by atoms with Crippen LogP contribution in [0.1, 0.15) is 84.1 Å². The molecule has 5 N–H and O–H groups in total. The number of fused-ring (bicyclic) bond motifs is 23. The van der Waals surface area contributed by atoms with Crippen molar-refractivity contribution in [2.45, 2.75) is 103 Å². The van der Waals surface area contributed by atoms with Gasteiger partial charge in [0.1, 0.15) is 12.1 Å². The van der Waals surface area contributed by atoms with Crippen molar-refractivity contribution >= 4 is 23.6 Å². The first-order valence-corrected chi connectivity index (χ1v) is 17.4. The molecule has 3 atom stereocenters. The molecule has 4 amide bonds. The van der Waals surface area contributed by atoms with Crippen LogP contribution in [0.15, 0.2) is 18.2 Å². The standard InChI is InChI=1S/C35H57N5O7/c1-24(2)20-28-34(44)39-33(25(3)41)35(45)37-16-7-8-18-40(22-27-10-5-6-11-27)19-9-17-36-32(43)23-47-29-14-12-26(21-30(29)46-4)13-15-31(42)38-28/h12,14,21,24-25,27-28,33,41H,5-11,13,15-20,22-23H2,1-4H3,(H,36,43)(H,37,45)(H,38,42)(H,39,44)/t25-,28-,33+/m1/s1. The Morgan fingerprint density at radius 3 is 2.32 bits per heavy atom. The van der Waals surface area contributed by atoms with Gasteiger partial charge in [0.15, 0.2) is 18.1 Å². The van der Waals surface area contributed by atoms with Crippen LogP contribution in [0.5, 0.6) is 11.5 Å². The van der Waals surface area contributed by atoms with Gasteiger partial charge in [0.2, 0.25) is 17.7 Å². The molecule has 0 saturated heterocycles. The second-order valence-electron chi connectivity index (χ2n) is 13.4. The highest BCUT2D eigenvalue weighted by Gasteiger charge is 2.30. The van der Waals surface area contributed by atoms with E-state index in [0.717, 1.165) is 44.5 Å². The summed E-state index contributed by atoms with van der Waals surface area (Å²) in [4.78, 5) is 54.3. The van der Waals surface area contributed by atoms with Crippen molar-refractivity contribution in [3.8, 4) is 11.5 Å². The number of ether oxygens (including phenoxy) is 2. The smallest absolute Gasteiger partial charge is 0.257 e. The molecule has 0 spiro atoms. The zero-order chi connectivity index (χ0) is 34.2. The van der Waals surface area contributed by atoms with E-state index in [-0.39, 0.29) is 30.8 Å². The van der Waals surface area contributed by atoms with E-state index in [1.165, 1.54) is 39.7 Å². The first-order chi connectivity index (χ1) is 22.5. The van der Waals surface area contributed by atoms with Gasteiger partial charge in [-0.25, -0.2) is 0 Å². The molecule has 1 aromatic rings. The number of carbonyl (C=O) groups is 4. The fourth-order valence-corrected chi connectivity index (χ4v) is 6.23. The third-order valence-corrected chi connectivity index (χ3v) is 8.81. The number of methoxy groups -OCH3 is 1. The summed E-state index contributed by atoms with van der Waals surface area (Å²) in [7, 11) is 1.52. The fraction of sp³-hybridized carbons (Fsp3) is 0.714. The second kappa shape index (κ2) is 20.1. The molecule has 2 aliphatic heterocycles. The Labute approximate surface area is 280 Å². The van der Waals surface area contributed by atoms with Gasteiger partial charge >= 0.3 is 0 Å². The number of aryl methyl sites for hydroxylation is 1. The predicted octanol–water partition coefficient (Wildman–Crippen LogP) is 2.31. The van der Waals surface area contributed by atoms with Gasteiger partial charge in [0, 0.05) is 26.1 Å². The maximum atomic E-state index is 13.3. The van der Waals surface area contributed by atoms with Gasteiger partial charge in [-0.1, -0.05) is 32.8 Å². The van der Waals surface area contributed by atoms with Crippen molar-refractivity contribution < 1.29 is 33.8 Å². The molecule has 0 aromatic heterocycles. The lowest BCUT2D eigenvalue weighted by atomic mass is 10.0. The van der Waals surface area contributed by atoms with Crippen LogP contribution in [0.2, 0.25) is 0 Å². The van der Waals surface area contributed by atoms with Crippen molar-refractivity contribution in [1.82, 2.24) is 26.2 Å². The third-order valence-electron chi connectivity index (χ3n) is 8.81. The summed E-state index contributed by atoms with van der Waals surface area (Å²) >= 11 is 0. The van der Waals surface area contributed by atoms with Crippen LogP contribution in [0.4, 0.5) is 0 Å². The van der Waals surface area contributed by atoms with Gasteiger partial charge in [0.25, 0.3) is 5.91 Å². The van der Waals surface area contributed by atoms with E-state index in [1.54, 1.807) is 12.1 Å². The van der Waals surface area contributed by atoms with Crippen LogP contribution in [0.3, 0.4) is 0 Å². The number of benzene rings is 1. The van der Waals surface area contributed by atoms with E-state index in [4.69, 9.17) is 9.47 Å². The Hall–Kier alpha value is -3.38. The van der Waals surface area contributed by atoms with Crippen molar-refractivity contribution in [2.24, 2.45) is 11.8 Å². The molecular formula is C35H57N5O7. The number of nitrogens with one attached hydrogen (secondary N) is 4. The average Bonchev–Trinajstić information content (AvgIpc) is 3.55. The lowest BCUT2D eigenvalue weighted by Gasteiger charge is -2.26. The summed E-state index contributed by atoms with van der Waals surface area (Å²) in [5.74, 6) is 0.195. The minimum atomic E-state index is -1.14. The van der Waals surface area contributed by atoms with Crippen LogP contribution in [-0.2, 0) is 25.6 Å². The second-order valence-corrected chi connectivity index (χ2v) is 13.4. The van der Waals surface area contributed by atoms with Crippen LogP contribution < -0.4 is 30.7 Å². The summed E-state index contributed by atoms with van der Waals surface area (Å²) in [6.45, 7) is 8.97. The molecule has 2 heterocycles. The fourth-order valence-electron chi connectivity index (χ4n) is 6.23. The normalized spacial score (nSPS) is 23.4. The molecule has 264 valence electrons. The van der Waals surface area contributed by atoms with Crippen molar-refractivity contribution in [3.05, 3.63) is 23.8 Å². The summed E-state index contributed by atoms with van der Waals surface area (Å²) in [5, 5.41) is 21.7. The molecule has 2 bridgehead atoms. The Kier molecular flexibility index (Phi) is 16.3. The summed E-state index contributed by atoms with van der Waals surface area (Å²) < 4.78 is 11.2. The number of amides is 4. The van der Waals surface area contributed by atoms with E-state index in [0.29, 0.717) is 43.3 Å². The van der Waals surface area contributed by atoms with E-state index in [1.807, 2.05) is 19.9 Å². The molecule has 47 heavy (non-hydrogen) atoms. The number of aliphatic hydroxyl groups is 1. The highest BCUT2D eigenvalue weighted by Crippen LogP contribution is 2.29. The third kappa shape index (κ3) is 13.7. The maximum Gasteiger partial charge on any atom is 0.257 e. The molecule has 4 rings (SSSR count). The number of hydrogen-bond donors (Lipinski definition) is 5. The van der Waals surface area contributed by atoms with Gasteiger partial charge in [-0.05, 0) is 94.5 Å². The molecule has 0 unspecified atom stereocenters. The quantitative estimate of drug-likeness (QED) is 0.291. The molecular weight excluding hydrogens is 602 g/mol. The minimum Gasteiger partial charge on any atom is -0.493 e. The monoisotopic (exact) mass is 659 g/mol. The topological polar surface area (TPSA) is 158 Å². The summed E-state index contributed by atoms with van der Waals surface area (Å²) in [5.41, 5.74) is 0.827. The number of aliphatic hydroxyl groups excluding tert-OH is 1. The number of hydrogen-bond acceptors (Lipinski definition) is 8. The van der Waals surface area contributed by atoms with Crippen LogP contribution in [0, 0.1) is 11.8 Å². The van der Waals surface area contributed by atoms with Crippen molar-refractivity contribution in [1.29, 1.82) is 0 Å². The maximum absolute atomic E-state index is 13.3. The summed E-state index contributed by atoms with van der Waals surface area (Å²) in [6, 6.07) is 3.30. The van der Waals surface area contributed by atoms with Gasteiger partial charge in [-0.3, -0.25) is 19.2 Å². The van der Waals surface area contributed by atoms with E-state index >= 15 is 0 Å². The largest absolute Gasteiger partial charge is 0.493 e. The Bertz CT molecular complexity index is 1160. The van der Waals surface area contributed by atoms with E-state index in [2.05, 4.69) is 26.2 Å². The van der Waals surface area contributed by atoms with Crippen LogP contribution in [0.25, 0.3) is 0 Å². The van der Waals surface area contributed by atoms with Gasteiger partial charge in [0.05, 0.1) is 13.2 Å². The highest BCUT2D eigenvalue weighted by molar-refractivity contribution is 5.92. The van der Waals surface area contributed by atoms with Crippen LogP contribution >= 0.6 is 0 Å². The van der Waals surface area contributed by atoms with E-state index < -0.39 is 30.0 Å². The molecule has 3 aliphatic rings. The number of nitrogens with zero attached hydrogens (tertiary/aromatic N) is 1. The predicted molar refractivity (Wildman–Crippen MR) is 180 cm³/mol. The lowest BCUT2D eigenvalue weighted by Crippen LogP contribution is -2.57. The van der Waals surface area contributed by atoms with Gasteiger partial charge in [-0.15, -0.1) is 0 Å². The van der Waals surface area contributed by atoms with E-state index in [9.17, 15) is 24.3 Å². The van der Waals surface area contributed by atoms with Crippen molar-refractivity contribution in [3.63, 3.8) is 0 Å². The Balaban J connectivity index is 1.73. The highest BCUT2D eigenvalue weighted by atomic mass is 16.5. The Morgan fingerprint density at radius 1 is 0.894 bits per heavy atom. The molecule has 1 aliphatic carbocycles. The van der Waals surface area contributed by atoms with Crippen LogP contribution in [-0.4, -0.2) is 98.3 Å². The first kappa shape index (κ1) is 38.1. The van der Waals surface area contributed by atoms with Gasteiger partial charge in [-0.2, -0.15) is 0 Å². The molecule has 12 heteroatoms. The first-order valence-electron chi connectivity index (χ1n) is 17.4. The molecule has 1 saturated carbocycles. The number of carbonyl (C=O) groups excluding carboxylic acids is 4. The lowest BCUT2D eigenvalue weighted by molar-refractivity contribution is -0.134. The zero-order valence-corrected chi connectivity index (χ0v) is 28.8. The zero-order valence-electron chi connectivity index (χ0n) is 28.8. The number of rotatable bonds is 6. The Morgan fingerprint density at radius 2 is 1.62 bits per heavy atom. The van der Waals surface area contributed by atoms with Gasteiger partial charge < -0.3 is 40.7 Å². The molecule has 12 nitrogen and oxygen atoms in total. The minimum absolute atomic E-state index is 0.0948. The average molecular weight is 660 g/mol. The molecule has 1 fully saturated rings.